The summed E-state index contributed by atoms with van der Waals surface area (Å²) in [6.45, 7) is 1.99. The monoisotopic (exact) mass is 327 g/mol. The lowest BCUT2D eigenvalue weighted by Crippen LogP contribution is -2.39. The van der Waals surface area contributed by atoms with E-state index in [0.29, 0.717) is 26.3 Å². The predicted molar refractivity (Wildman–Crippen MR) is 91.7 cm³/mol. The third-order valence-corrected chi connectivity index (χ3v) is 3.99. The number of aliphatic hydroxyl groups excluding tert-OH is 1. The van der Waals surface area contributed by atoms with Crippen LogP contribution in [0.2, 0.25) is 0 Å². The van der Waals surface area contributed by atoms with Crippen LogP contribution in [0.4, 0.5) is 10.5 Å². The zero-order valence-electron chi connectivity index (χ0n) is 13.4. The molecule has 2 heterocycles. The molecule has 2 aromatic rings. The fraction of sp³-hybridized carbons (Fsp3) is 0.333. The van der Waals surface area contributed by atoms with Gasteiger partial charge >= 0.3 is 6.03 Å². The molecule has 0 saturated carbocycles. The highest BCUT2D eigenvalue weighted by atomic mass is 16.5. The van der Waals surface area contributed by atoms with Gasteiger partial charge in [0.1, 0.15) is 0 Å². The maximum Gasteiger partial charge on any atom is 0.321 e. The number of hydrogen-bond donors (Lipinski definition) is 2. The molecule has 0 aliphatic carbocycles. The molecule has 6 nitrogen and oxygen atoms in total. The fourth-order valence-corrected chi connectivity index (χ4v) is 2.69. The van der Waals surface area contributed by atoms with E-state index < -0.39 is 0 Å². The minimum absolute atomic E-state index is 0.0142. The summed E-state index contributed by atoms with van der Waals surface area (Å²) in [7, 11) is 0. The Bertz CT molecular complexity index is 678. The molecule has 1 aromatic carbocycles. The topological polar surface area (TPSA) is 74.7 Å². The Balaban J connectivity index is 1.70. The smallest absolute Gasteiger partial charge is 0.321 e. The summed E-state index contributed by atoms with van der Waals surface area (Å²) in [5, 5.41) is 12.2. The lowest BCUT2D eigenvalue weighted by atomic mass is 10.1. The molecule has 1 aromatic heterocycles. The molecule has 1 aliphatic heterocycles. The van der Waals surface area contributed by atoms with Crippen LogP contribution in [0.3, 0.4) is 0 Å². The van der Waals surface area contributed by atoms with Crippen LogP contribution in [0.25, 0.3) is 11.1 Å². The van der Waals surface area contributed by atoms with Crippen molar-refractivity contribution in [3.8, 4) is 11.1 Å². The number of nitrogens with zero attached hydrogens (tertiary/aromatic N) is 2. The first-order valence-electron chi connectivity index (χ1n) is 8.01. The van der Waals surface area contributed by atoms with Crippen LogP contribution in [0.1, 0.15) is 0 Å². The van der Waals surface area contributed by atoms with Crippen molar-refractivity contribution in [3.05, 3.63) is 48.8 Å². The van der Waals surface area contributed by atoms with E-state index in [2.05, 4.69) is 10.3 Å². The first kappa shape index (κ1) is 16.4. The van der Waals surface area contributed by atoms with Gasteiger partial charge in [0.25, 0.3) is 0 Å². The summed E-state index contributed by atoms with van der Waals surface area (Å²) in [4.78, 5) is 18.3. The predicted octanol–water partition coefficient (Wildman–Crippen LogP) is 2.22. The highest BCUT2D eigenvalue weighted by molar-refractivity contribution is 5.90. The van der Waals surface area contributed by atoms with Crippen LogP contribution < -0.4 is 5.32 Å². The van der Waals surface area contributed by atoms with E-state index >= 15 is 0 Å². The molecule has 24 heavy (non-hydrogen) atoms. The van der Waals surface area contributed by atoms with Gasteiger partial charge in [-0.25, -0.2) is 4.79 Å². The van der Waals surface area contributed by atoms with E-state index in [9.17, 15) is 9.90 Å². The molecule has 3 rings (SSSR count). The summed E-state index contributed by atoms with van der Waals surface area (Å²) in [6, 6.07) is 11.3. The molecule has 1 fully saturated rings. The van der Waals surface area contributed by atoms with Gasteiger partial charge in [-0.3, -0.25) is 4.98 Å². The number of ether oxygens (including phenoxy) is 1. The van der Waals surface area contributed by atoms with Crippen molar-refractivity contribution in [3.63, 3.8) is 0 Å². The van der Waals surface area contributed by atoms with E-state index in [1.54, 1.807) is 17.3 Å². The Kier molecular flexibility index (Phi) is 5.40. The molecule has 2 amide bonds. The second kappa shape index (κ2) is 7.90. The van der Waals surface area contributed by atoms with Crippen molar-refractivity contribution in [1.29, 1.82) is 0 Å². The number of anilines is 1. The molecule has 0 radical (unpaired) electrons. The Labute approximate surface area is 141 Å². The molecule has 1 atom stereocenters. The molecule has 0 unspecified atom stereocenters. The van der Waals surface area contributed by atoms with Crippen LogP contribution in [0.5, 0.6) is 0 Å². The Morgan fingerprint density at radius 3 is 3.00 bits per heavy atom. The largest absolute Gasteiger partial charge is 0.396 e. The summed E-state index contributed by atoms with van der Waals surface area (Å²) in [6.07, 6.45) is 3.52. The van der Waals surface area contributed by atoms with Crippen LogP contribution in [-0.2, 0) is 4.74 Å². The van der Waals surface area contributed by atoms with Gasteiger partial charge in [-0.1, -0.05) is 18.2 Å². The number of rotatable bonds is 3. The van der Waals surface area contributed by atoms with Crippen molar-refractivity contribution in [2.45, 2.75) is 0 Å². The van der Waals surface area contributed by atoms with Crippen molar-refractivity contribution in [2.75, 3.05) is 38.2 Å². The lowest BCUT2D eigenvalue weighted by molar-refractivity contribution is 0.0958. The fourth-order valence-electron chi connectivity index (χ4n) is 2.69. The zero-order chi connectivity index (χ0) is 16.8. The van der Waals surface area contributed by atoms with Gasteiger partial charge in [-0.05, 0) is 23.8 Å². The number of carbonyl (C=O) groups excluding carboxylic acids is 1. The number of pyridine rings is 1. The molecular weight excluding hydrogens is 306 g/mol. The van der Waals surface area contributed by atoms with Gasteiger partial charge in [0.15, 0.2) is 0 Å². The SMILES string of the molecule is O=C(Nc1cccc(-c2cccnc2)c1)N1CCOC[C@@H](CO)C1. The Morgan fingerprint density at radius 2 is 2.21 bits per heavy atom. The van der Waals surface area contributed by atoms with Crippen molar-refractivity contribution < 1.29 is 14.6 Å². The molecule has 0 bridgehead atoms. The number of nitrogens with one attached hydrogen (secondary N) is 1. The summed E-state index contributed by atoms with van der Waals surface area (Å²) < 4.78 is 5.42. The number of amides is 2. The Morgan fingerprint density at radius 1 is 1.33 bits per heavy atom. The number of aromatic nitrogens is 1. The van der Waals surface area contributed by atoms with Gasteiger partial charge in [0.05, 0.1) is 13.2 Å². The van der Waals surface area contributed by atoms with Gasteiger partial charge < -0.3 is 20.1 Å². The molecular formula is C18H21N3O3. The molecule has 1 aliphatic rings. The molecule has 126 valence electrons. The van der Waals surface area contributed by atoms with Crippen LogP contribution in [0.15, 0.2) is 48.8 Å². The second-order valence-corrected chi connectivity index (χ2v) is 5.82. The number of carbonyl (C=O) groups is 1. The maximum absolute atomic E-state index is 12.5. The number of aliphatic hydroxyl groups is 1. The summed E-state index contributed by atoms with van der Waals surface area (Å²) >= 11 is 0. The highest BCUT2D eigenvalue weighted by Crippen LogP contribution is 2.22. The van der Waals surface area contributed by atoms with E-state index in [4.69, 9.17) is 4.74 Å². The minimum Gasteiger partial charge on any atom is -0.396 e. The number of urea groups is 1. The quantitative estimate of drug-likeness (QED) is 0.906. The van der Waals surface area contributed by atoms with E-state index in [1.807, 2.05) is 36.4 Å². The standard InChI is InChI=1S/C18H21N3O3/c22-12-14-11-21(7-8-24-13-14)18(23)20-17-5-1-3-15(9-17)16-4-2-6-19-10-16/h1-6,9-10,14,22H,7-8,11-13H2,(H,20,23)/t14-/m1/s1. The summed E-state index contributed by atoms with van der Waals surface area (Å²) in [5.41, 5.74) is 2.72. The first-order valence-corrected chi connectivity index (χ1v) is 8.01. The number of hydrogen-bond acceptors (Lipinski definition) is 4. The summed E-state index contributed by atoms with van der Waals surface area (Å²) in [5.74, 6) is -0.0417. The molecule has 2 N–H and O–H groups in total. The average molecular weight is 327 g/mol. The highest BCUT2D eigenvalue weighted by Gasteiger charge is 2.22. The van der Waals surface area contributed by atoms with E-state index in [-0.39, 0.29) is 18.6 Å². The molecule has 0 spiro atoms. The van der Waals surface area contributed by atoms with Crippen molar-refractivity contribution in [2.24, 2.45) is 5.92 Å². The van der Waals surface area contributed by atoms with Crippen LogP contribution in [0, 0.1) is 5.92 Å². The zero-order valence-corrected chi connectivity index (χ0v) is 13.4. The number of benzene rings is 1. The lowest BCUT2D eigenvalue weighted by Gasteiger charge is -2.23. The van der Waals surface area contributed by atoms with Gasteiger partial charge in [-0.2, -0.15) is 0 Å². The van der Waals surface area contributed by atoms with Crippen LogP contribution >= 0.6 is 0 Å². The third kappa shape index (κ3) is 4.10. The minimum atomic E-state index is -0.178. The van der Waals surface area contributed by atoms with Gasteiger partial charge in [0.2, 0.25) is 0 Å². The van der Waals surface area contributed by atoms with Gasteiger partial charge in [0, 0.05) is 49.3 Å². The van der Waals surface area contributed by atoms with Crippen LogP contribution in [-0.4, -0.2) is 53.9 Å². The van der Waals surface area contributed by atoms with E-state index in [0.717, 1.165) is 16.8 Å². The van der Waals surface area contributed by atoms with Crippen molar-refractivity contribution >= 4 is 11.7 Å². The first-order chi connectivity index (χ1) is 11.8. The maximum atomic E-state index is 12.5. The van der Waals surface area contributed by atoms with E-state index in [1.165, 1.54) is 0 Å². The van der Waals surface area contributed by atoms with Gasteiger partial charge in [-0.15, -0.1) is 0 Å². The second-order valence-electron chi connectivity index (χ2n) is 5.82. The molecule has 1 saturated heterocycles. The third-order valence-electron chi connectivity index (χ3n) is 3.99. The van der Waals surface area contributed by atoms with Crippen molar-refractivity contribution in [1.82, 2.24) is 9.88 Å². The molecule has 6 heteroatoms. The normalized spacial score (nSPS) is 18.0. The average Bonchev–Trinajstić information content (AvgIpc) is 2.88. The Hall–Kier alpha value is -2.44.